The normalized spacial score (nSPS) is 14.4. The van der Waals surface area contributed by atoms with Gasteiger partial charge in [0.15, 0.2) is 0 Å². The van der Waals surface area contributed by atoms with Crippen molar-refractivity contribution >= 4 is 44.5 Å². The Bertz CT molecular complexity index is 666. The molecule has 0 saturated heterocycles. The molecule has 0 bridgehead atoms. The molecule has 0 aliphatic heterocycles. The molecule has 0 spiro atoms. The van der Waals surface area contributed by atoms with Crippen molar-refractivity contribution in [1.29, 1.82) is 0 Å². The molecule has 1 heterocycles. The number of fused-ring (bicyclic) bond motifs is 1. The summed E-state index contributed by atoms with van der Waals surface area (Å²) in [7, 11) is 0. The van der Waals surface area contributed by atoms with E-state index >= 15 is 0 Å². The van der Waals surface area contributed by atoms with E-state index in [0.29, 0.717) is 5.82 Å². The van der Waals surface area contributed by atoms with Gasteiger partial charge in [-0.3, -0.25) is 4.79 Å². The van der Waals surface area contributed by atoms with Crippen LogP contribution in [0, 0.1) is 0 Å². The lowest BCUT2D eigenvalue weighted by Crippen LogP contribution is -2.36. The Morgan fingerprint density at radius 2 is 2.00 bits per heavy atom. The van der Waals surface area contributed by atoms with Gasteiger partial charge in [-0.05, 0) is 45.9 Å². The first-order valence-electron chi connectivity index (χ1n) is 6.93. The van der Waals surface area contributed by atoms with E-state index in [0.717, 1.165) is 15.5 Å². The first-order chi connectivity index (χ1) is 9.81. The Morgan fingerprint density at radius 3 is 2.57 bits per heavy atom. The van der Waals surface area contributed by atoms with Crippen LogP contribution in [0.1, 0.15) is 44.9 Å². The Morgan fingerprint density at radius 1 is 1.33 bits per heavy atom. The number of halogens is 2. The first-order valence-corrected chi connectivity index (χ1v) is 8.16. The van der Waals surface area contributed by atoms with Crippen LogP contribution in [0.25, 0.3) is 11.0 Å². The molecule has 0 aliphatic carbocycles. The summed E-state index contributed by atoms with van der Waals surface area (Å²) in [6.45, 7) is 7.61. The average molecular weight is 373 g/mol. The molecule has 21 heavy (non-hydrogen) atoms. The third-order valence-electron chi connectivity index (χ3n) is 3.23. The quantitative estimate of drug-likeness (QED) is 0.818. The molecule has 4 nitrogen and oxygen atoms in total. The predicted octanol–water partition coefficient (Wildman–Crippen LogP) is 4.18. The molecule has 1 aromatic carbocycles. The standard InChI is InChI=1S/C15H19BrClN3O/c1-8(2)18-15(21)10(4)20-13-7-11(16)5-6-12(13)19-14(20)9(3)17/h5-10H,1-4H3,(H,18,21). The van der Waals surface area contributed by atoms with Crippen LogP contribution in [0.3, 0.4) is 0 Å². The van der Waals surface area contributed by atoms with Crippen molar-refractivity contribution in [3.05, 3.63) is 28.5 Å². The van der Waals surface area contributed by atoms with Crippen molar-refractivity contribution in [2.24, 2.45) is 0 Å². The highest BCUT2D eigenvalue weighted by molar-refractivity contribution is 9.10. The van der Waals surface area contributed by atoms with Gasteiger partial charge in [-0.2, -0.15) is 0 Å². The number of nitrogens with zero attached hydrogens (tertiary/aromatic N) is 2. The van der Waals surface area contributed by atoms with Crippen LogP contribution < -0.4 is 5.32 Å². The third-order valence-corrected chi connectivity index (χ3v) is 3.92. The number of aromatic nitrogens is 2. The summed E-state index contributed by atoms with van der Waals surface area (Å²) in [4.78, 5) is 16.9. The number of alkyl halides is 1. The molecule has 6 heteroatoms. The van der Waals surface area contributed by atoms with E-state index in [1.807, 2.05) is 50.5 Å². The van der Waals surface area contributed by atoms with Gasteiger partial charge in [0.25, 0.3) is 0 Å². The molecule has 2 rings (SSSR count). The van der Waals surface area contributed by atoms with Crippen molar-refractivity contribution in [1.82, 2.24) is 14.9 Å². The fourth-order valence-electron chi connectivity index (χ4n) is 2.29. The van der Waals surface area contributed by atoms with Gasteiger partial charge in [0.1, 0.15) is 11.9 Å². The zero-order chi connectivity index (χ0) is 15.7. The van der Waals surface area contributed by atoms with Crippen molar-refractivity contribution in [2.45, 2.75) is 45.2 Å². The maximum Gasteiger partial charge on any atom is 0.243 e. The van der Waals surface area contributed by atoms with E-state index in [2.05, 4.69) is 26.2 Å². The minimum absolute atomic E-state index is 0.0390. The van der Waals surface area contributed by atoms with Crippen LogP contribution in [0.2, 0.25) is 0 Å². The van der Waals surface area contributed by atoms with Gasteiger partial charge in [-0.1, -0.05) is 15.9 Å². The highest BCUT2D eigenvalue weighted by atomic mass is 79.9. The summed E-state index contributed by atoms with van der Waals surface area (Å²) in [5.41, 5.74) is 1.74. The number of hydrogen-bond donors (Lipinski definition) is 1. The summed E-state index contributed by atoms with van der Waals surface area (Å²) in [5.74, 6) is 0.666. The zero-order valence-corrected chi connectivity index (χ0v) is 14.9. The Balaban J connectivity index is 2.56. The van der Waals surface area contributed by atoms with Gasteiger partial charge in [0, 0.05) is 10.5 Å². The number of amides is 1. The molecule has 0 fully saturated rings. The van der Waals surface area contributed by atoms with E-state index in [-0.39, 0.29) is 23.4 Å². The Labute approximate surface area is 138 Å². The largest absolute Gasteiger partial charge is 0.352 e. The molecule has 114 valence electrons. The van der Waals surface area contributed by atoms with Gasteiger partial charge >= 0.3 is 0 Å². The van der Waals surface area contributed by atoms with E-state index in [1.54, 1.807) is 0 Å². The lowest BCUT2D eigenvalue weighted by atomic mass is 10.2. The summed E-state index contributed by atoms with van der Waals surface area (Å²) >= 11 is 9.71. The minimum atomic E-state index is -0.372. The number of nitrogens with one attached hydrogen (secondary N) is 1. The first kappa shape index (κ1) is 16.3. The molecule has 1 amide bonds. The summed E-state index contributed by atoms with van der Waals surface area (Å²) < 4.78 is 2.86. The Hall–Kier alpha value is -1.07. The highest BCUT2D eigenvalue weighted by Crippen LogP contribution is 2.29. The van der Waals surface area contributed by atoms with Gasteiger partial charge in [0.05, 0.1) is 16.4 Å². The summed E-state index contributed by atoms with van der Waals surface area (Å²) in [5, 5.41) is 2.66. The molecule has 0 saturated carbocycles. The lowest BCUT2D eigenvalue weighted by Gasteiger charge is -2.19. The fraction of sp³-hybridized carbons (Fsp3) is 0.467. The molecule has 0 radical (unpaired) electrons. The molecule has 2 atom stereocenters. The monoisotopic (exact) mass is 371 g/mol. The minimum Gasteiger partial charge on any atom is -0.352 e. The number of carbonyl (C=O) groups is 1. The second-order valence-corrected chi connectivity index (χ2v) is 7.00. The van der Waals surface area contributed by atoms with Gasteiger partial charge in [-0.25, -0.2) is 4.98 Å². The maximum atomic E-state index is 12.3. The SMILES string of the molecule is CC(C)NC(=O)C(C)n1c(C(C)Cl)nc2ccc(Br)cc21. The van der Waals surface area contributed by atoms with Gasteiger partial charge in [-0.15, -0.1) is 11.6 Å². The number of benzene rings is 1. The topological polar surface area (TPSA) is 46.9 Å². The van der Waals surface area contributed by atoms with Crippen molar-refractivity contribution in [3.63, 3.8) is 0 Å². The van der Waals surface area contributed by atoms with E-state index in [9.17, 15) is 4.79 Å². The molecule has 1 aromatic heterocycles. The lowest BCUT2D eigenvalue weighted by molar-refractivity contribution is -0.124. The summed E-state index contributed by atoms with van der Waals surface area (Å²) in [6, 6.07) is 5.54. The molecule has 0 aliphatic rings. The van der Waals surface area contributed by atoms with Crippen LogP contribution in [0.5, 0.6) is 0 Å². The molecule has 2 unspecified atom stereocenters. The van der Waals surface area contributed by atoms with Gasteiger partial charge in [0.2, 0.25) is 5.91 Å². The predicted molar refractivity (Wildman–Crippen MR) is 89.7 cm³/mol. The van der Waals surface area contributed by atoms with Crippen LogP contribution in [0.15, 0.2) is 22.7 Å². The Kier molecular flexibility index (Phi) is 4.94. The number of carbonyl (C=O) groups excluding carboxylic acids is 1. The van der Waals surface area contributed by atoms with Crippen LogP contribution >= 0.6 is 27.5 Å². The highest BCUT2D eigenvalue weighted by Gasteiger charge is 2.24. The van der Waals surface area contributed by atoms with Crippen LogP contribution in [-0.4, -0.2) is 21.5 Å². The number of imidazole rings is 1. The molecular formula is C15H19BrClN3O. The second kappa shape index (κ2) is 6.36. The zero-order valence-electron chi connectivity index (χ0n) is 12.5. The van der Waals surface area contributed by atoms with E-state index in [4.69, 9.17) is 11.6 Å². The molecule has 2 aromatic rings. The average Bonchev–Trinajstić information content (AvgIpc) is 2.75. The number of rotatable bonds is 4. The van der Waals surface area contributed by atoms with E-state index < -0.39 is 0 Å². The third kappa shape index (κ3) is 3.40. The fourth-order valence-corrected chi connectivity index (χ4v) is 2.80. The van der Waals surface area contributed by atoms with E-state index in [1.165, 1.54) is 0 Å². The maximum absolute atomic E-state index is 12.3. The number of hydrogen-bond acceptors (Lipinski definition) is 2. The molecule has 1 N–H and O–H groups in total. The van der Waals surface area contributed by atoms with Crippen LogP contribution in [-0.2, 0) is 4.79 Å². The molecular weight excluding hydrogens is 354 g/mol. The smallest absolute Gasteiger partial charge is 0.243 e. The van der Waals surface area contributed by atoms with Crippen molar-refractivity contribution in [2.75, 3.05) is 0 Å². The van der Waals surface area contributed by atoms with Gasteiger partial charge < -0.3 is 9.88 Å². The van der Waals surface area contributed by atoms with Crippen LogP contribution in [0.4, 0.5) is 0 Å². The summed E-state index contributed by atoms with van der Waals surface area (Å²) in [6.07, 6.45) is 0. The van der Waals surface area contributed by atoms with Crippen molar-refractivity contribution in [3.8, 4) is 0 Å². The second-order valence-electron chi connectivity index (χ2n) is 5.43. The van der Waals surface area contributed by atoms with Crippen molar-refractivity contribution < 1.29 is 4.79 Å².